The van der Waals surface area contributed by atoms with Crippen LogP contribution >= 0.6 is 0 Å². The third kappa shape index (κ3) is 2.89. The molecular weight excluding hydrogens is 253 g/mol. The average molecular weight is 277 g/mol. The van der Waals surface area contributed by atoms with Crippen molar-refractivity contribution in [2.75, 3.05) is 13.2 Å². The van der Waals surface area contributed by atoms with Crippen molar-refractivity contribution in [1.82, 2.24) is 4.90 Å². The van der Waals surface area contributed by atoms with E-state index >= 15 is 0 Å². The lowest BCUT2D eigenvalue weighted by Crippen LogP contribution is -2.51. The number of nitrogens with zero attached hydrogens (tertiary/aromatic N) is 1. The van der Waals surface area contributed by atoms with Gasteiger partial charge in [0.2, 0.25) is 0 Å². The van der Waals surface area contributed by atoms with Crippen molar-refractivity contribution in [1.29, 1.82) is 0 Å². The Bertz CT molecular complexity index is 447. The Morgan fingerprint density at radius 3 is 2.65 bits per heavy atom. The van der Waals surface area contributed by atoms with Crippen LogP contribution in [0.25, 0.3) is 0 Å². The second-order valence-electron chi connectivity index (χ2n) is 6.41. The maximum atomic E-state index is 13.0. The summed E-state index contributed by atoms with van der Waals surface area (Å²) in [6, 6.07) is 8.25. The molecule has 1 saturated heterocycles. The van der Waals surface area contributed by atoms with Gasteiger partial charge in [0.25, 0.3) is 0 Å². The zero-order valence-electron chi connectivity index (χ0n) is 12.4. The van der Waals surface area contributed by atoms with Crippen LogP contribution in [0.3, 0.4) is 0 Å². The van der Waals surface area contributed by atoms with Crippen LogP contribution in [0.15, 0.2) is 24.3 Å². The van der Waals surface area contributed by atoms with Crippen LogP contribution in [-0.2, 0) is 4.74 Å². The Morgan fingerprint density at radius 2 is 1.90 bits per heavy atom. The highest BCUT2D eigenvalue weighted by Gasteiger charge is 2.35. The summed E-state index contributed by atoms with van der Waals surface area (Å²) in [5.41, 5.74) is 1.29. The molecule has 1 aromatic carbocycles. The van der Waals surface area contributed by atoms with Gasteiger partial charge in [-0.15, -0.1) is 0 Å². The predicted octanol–water partition coefficient (Wildman–Crippen LogP) is 3.57. The van der Waals surface area contributed by atoms with Gasteiger partial charge < -0.3 is 4.74 Å². The molecule has 2 aliphatic rings. The summed E-state index contributed by atoms with van der Waals surface area (Å²) in [6.07, 6.45) is 4.01. The first kappa shape index (κ1) is 14.0. The Labute approximate surface area is 120 Å². The van der Waals surface area contributed by atoms with Gasteiger partial charge >= 0.3 is 0 Å². The van der Waals surface area contributed by atoms with E-state index in [9.17, 15) is 4.39 Å². The topological polar surface area (TPSA) is 12.5 Å². The van der Waals surface area contributed by atoms with Crippen LogP contribution in [0.4, 0.5) is 4.39 Å². The number of rotatable bonds is 2. The van der Waals surface area contributed by atoms with Crippen LogP contribution in [0, 0.1) is 5.82 Å². The summed E-state index contributed by atoms with van der Waals surface area (Å²) in [4.78, 5) is 2.62. The molecule has 1 aliphatic carbocycles. The molecule has 0 radical (unpaired) electrons. The van der Waals surface area contributed by atoms with E-state index in [1.54, 1.807) is 12.1 Å². The lowest BCUT2D eigenvalue weighted by atomic mass is 9.97. The number of hydrogen-bond donors (Lipinski definition) is 0. The molecule has 20 heavy (non-hydrogen) atoms. The molecule has 1 aliphatic heterocycles. The molecule has 0 aromatic heterocycles. The van der Waals surface area contributed by atoms with Gasteiger partial charge in [-0.1, -0.05) is 12.1 Å². The van der Waals surface area contributed by atoms with Gasteiger partial charge in [0.15, 0.2) is 0 Å². The predicted molar refractivity (Wildman–Crippen MR) is 78.4 cm³/mol. The number of ether oxygens (including phenoxy) is 1. The zero-order chi connectivity index (χ0) is 14.1. The smallest absolute Gasteiger partial charge is 0.123 e. The third-order valence-corrected chi connectivity index (χ3v) is 4.87. The molecule has 2 nitrogen and oxygen atoms in total. The summed E-state index contributed by atoms with van der Waals surface area (Å²) in [7, 11) is 0. The third-order valence-electron chi connectivity index (χ3n) is 4.87. The molecule has 0 bridgehead atoms. The van der Waals surface area contributed by atoms with E-state index in [4.69, 9.17) is 4.74 Å². The molecule has 3 rings (SSSR count). The summed E-state index contributed by atoms with van der Waals surface area (Å²) < 4.78 is 18.7. The Balaban J connectivity index is 1.65. The molecule has 0 amide bonds. The molecule has 0 N–H and O–H groups in total. The molecule has 4 unspecified atom stereocenters. The van der Waals surface area contributed by atoms with Gasteiger partial charge in [-0.25, -0.2) is 4.39 Å². The lowest BCUT2D eigenvalue weighted by Gasteiger charge is -2.40. The summed E-state index contributed by atoms with van der Waals surface area (Å²) >= 11 is 0. The average Bonchev–Trinajstić information content (AvgIpc) is 2.92. The van der Waals surface area contributed by atoms with E-state index in [0.29, 0.717) is 24.1 Å². The number of hydrogen-bond acceptors (Lipinski definition) is 2. The highest BCUT2D eigenvalue weighted by Crippen LogP contribution is 2.38. The van der Waals surface area contributed by atoms with Gasteiger partial charge in [0.05, 0.1) is 12.7 Å². The van der Waals surface area contributed by atoms with Crippen molar-refractivity contribution in [3.63, 3.8) is 0 Å². The van der Waals surface area contributed by atoms with Crippen LogP contribution in [0.2, 0.25) is 0 Å². The van der Waals surface area contributed by atoms with E-state index in [0.717, 1.165) is 13.2 Å². The standard InChI is InChI=1S/C17H24FNO/c1-12-11-20-13(2)10-19(12)17-8-5-15(9-17)14-3-6-16(18)7-4-14/h3-4,6-7,12-13,15,17H,5,8-11H2,1-2H3. The van der Waals surface area contributed by atoms with Gasteiger partial charge in [0.1, 0.15) is 5.82 Å². The Morgan fingerprint density at radius 1 is 1.15 bits per heavy atom. The highest BCUT2D eigenvalue weighted by molar-refractivity contribution is 5.22. The van der Waals surface area contributed by atoms with E-state index in [1.807, 2.05) is 12.1 Å². The monoisotopic (exact) mass is 277 g/mol. The van der Waals surface area contributed by atoms with Crippen molar-refractivity contribution in [3.8, 4) is 0 Å². The first-order valence-electron chi connectivity index (χ1n) is 7.76. The van der Waals surface area contributed by atoms with Crippen LogP contribution in [0.1, 0.15) is 44.6 Å². The second kappa shape index (κ2) is 5.82. The first-order valence-corrected chi connectivity index (χ1v) is 7.76. The fourth-order valence-electron chi connectivity index (χ4n) is 3.73. The van der Waals surface area contributed by atoms with Crippen molar-refractivity contribution < 1.29 is 9.13 Å². The van der Waals surface area contributed by atoms with Gasteiger partial charge in [-0.3, -0.25) is 4.90 Å². The minimum atomic E-state index is -0.140. The summed E-state index contributed by atoms with van der Waals surface area (Å²) in [6.45, 7) is 6.31. The highest BCUT2D eigenvalue weighted by atomic mass is 19.1. The molecule has 4 atom stereocenters. The maximum Gasteiger partial charge on any atom is 0.123 e. The van der Waals surface area contributed by atoms with Crippen molar-refractivity contribution in [2.24, 2.45) is 0 Å². The summed E-state index contributed by atoms with van der Waals surface area (Å²) in [5.74, 6) is 0.449. The van der Waals surface area contributed by atoms with Crippen LogP contribution in [0.5, 0.6) is 0 Å². The van der Waals surface area contributed by atoms with Crippen molar-refractivity contribution in [2.45, 2.75) is 57.2 Å². The van der Waals surface area contributed by atoms with Crippen LogP contribution in [-0.4, -0.2) is 36.2 Å². The fourth-order valence-corrected chi connectivity index (χ4v) is 3.73. The van der Waals surface area contributed by atoms with Gasteiger partial charge in [0, 0.05) is 18.6 Å². The fraction of sp³-hybridized carbons (Fsp3) is 0.647. The molecule has 0 spiro atoms. The van der Waals surface area contributed by atoms with Gasteiger partial charge in [-0.05, 0) is 56.7 Å². The van der Waals surface area contributed by atoms with E-state index in [-0.39, 0.29) is 5.82 Å². The normalized spacial score (nSPS) is 35.4. The lowest BCUT2D eigenvalue weighted by molar-refractivity contribution is -0.0651. The first-order chi connectivity index (χ1) is 9.63. The molecule has 110 valence electrons. The molecular formula is C17H24FNO. The number of halogens is 1. The number of benzene rings is 1. The minimum Gasteiger partial charge on any atom is -0.376 e. The van der Waals surface area contributed by atoms with Crippen LogP contribution < -0.4 is 0 Å². The molecule has 3 heteroatoms. The molecule has 1 heterocycles. The molecule has 1 saturated carbocycles. The van der Waals surface area contributed by atoms with E-state index < -0.39 is 0 Å². The SMILES string of the molecule is CC1CN(C2CCC(c3ccc(F)cc3)C2)C(C)CO1. The van der Waals surface area contributed by atoms with E-state index in [2.05, 4.69) is 18.7 Å². The van der Waals surface area contributed by atoms with Crippen molar-refractivity contribution in [3.05, 3.63) is 35.6 Å². The zero-order valence-corrected chi connectivity index (χ0v) is 12.4. The Hall–Kier alpha value is -0.930. The second-order valence-corrected chi connectivity index (χ2v) is 6.41. The maximum absolute atomic E-state index is 13.0. The minimum absolute atomic E-state index is 0.140. The largest absolute Gasteiger partial charge is 0.376 e. The van der Waals surface area contributed by atoms with Gasteiger partial charge in [-0.2, -0.15) is 0 Å². The molecule has 2 fully saturated rings. The van der Waals surface area contributed by atoms with Crippen molar-refractivity contribution >= 4 is 0 Å². The summed E-state index contributed by atoms with van der Waals surface area (Å²) in [5, 5.41) is 0. The molecule has 1 aromatic rings. The Kier molecular flexibility index (Phi) is 4.08. The van der Waals surface area contributed by atoms with E-state index in [1.165, 1.54) is 24.8 Å². The quantitative estimate of drug-likeness (QED) is 0.819. The number of morpholine rings is 1.